The topological polar surface area (TPSA) is 38.3 Å². The fourth-order valence-corrected chi connectivity index (χ4v) is 1.75. The predicted molar refractivity (Wildman–Crippen MR) is 58.4 cm³/mol. The fourth-order valence-electron chi connectivity index (χ4n) is 1.75. The summed E-state index contributed by atoms with van der Waals surface area (Å²) in [6, 6.07) is 4.57. The summed E-state index contributed by atoms with van der Waals surface area (Å²) < 4.78 is 42.8. The maximum absolute atomic E-state index is 12.5. The van der Waals surface area contributed by atoms with Crippen molar-refractivity contribution in [1.82, 2.24) is 5.32 Å². The van der Waals surface area contributed by atoms with Gasteiger partial charge in [0.25, 0.3) is 0 Å². The molecule has 18 heavy (non-hydrogen) atoms. The van der Waals surface area contributed by atoms with Crippen LogP contribution in [0.3, 0.4) is 0 Å². The molecule has 1 N–H and O–H groups in total. The lowest BCUT2D eigenvalue weighted by Crippen LogP contribution is -2.43. The summed E-state index contributed by atoms with van der Waals surface area (Å²) in [4.78, 5) is 11.5. The number of rotatable bonds is 2. The van der Waals surface area contributed by atoms with Crippen molar-refractivity contribution in [3.63, 3.8) is 0 Å². The van der Waals surface area contributed by atoms with Crippen LogP contribution >= 0.6 is 0 Å². The molecular formula is C12H12F3NO2. The average molecular weight is 259 g/mol. The maximum Gasteiger partial charge on any atom is 0.416 e. The summed E-state index contributed by atoms with van der Waals surface area (Å²) in [6.45, 7) is 0.818. The van der Waals surface area contributed by atoms with Crippen molar-refractivity contribution in [2.75, 3.05) is 13.1 Å². The van der Waals surface area contributed by atoms with Crippen LogP contribution in [0, 0.1) is 0 Å². The van der Waals surface area contributed by atoms with Crippen LogP contribution in [0.4, 0.5) is 13.2 Å². The summed E-state index contributed by atoms with van der Waals surface area (Å²) in [5, 5.41) is 2.88. The van der Waals surface area contributed by atoms with E-state index in [4.69, 9.17) is 4.74 Å². The first-order valence-corrected chi connectivity index (χ1v) is 5.54. The van der Waals surface area contributed by atoms with Gasteiger partial charge in [0.05, 0.1) is 12.1 Å². The van der Waals surface area contributed by atoms with Crippen LogP contribution in [0.2, 0.25) is 0 Å². The zero-order valence-corrected chi connectivity index (χ0v) is 9.46. The van der Waals surface area contributed by atoms with Gasteiger partial charge in [0.1, 0.15) is 5.75 Å². The summed E-state index contributed by atoms with van der Waals surface area (Å²) in [7, 11) is 0. The first-order valence-electron chi connectivity index (χ1n) is 5.54. The van der Waals surface area contributed by atoms with Crippen LogP contribution in [0.1, 0.15) is 12.0 Å². The number of ketones is 1. The van der Waals surface area contributed by atoms with E-state index in [1.54, 1.807) is 0 Å². The number of carbonyl (C=O) groups excluding carboxylic acids is 1. The lowest BCUT2D eigenvalue weighted by molar-refractivity contribution is -0.137. The fraction of sp³-hybridized carbons (Fsp3) is 0.417. The van der Waals surface area contributed by atoms with Crippen LogP contribution in [-0.2, 0) is 11.0 Å². The van der Waals surface area contributed by atoms with Crippen LogP contribution in [0.25, 0.3) is 0 Å². The Kier molecular flexibility index (Phi) is 3.56. The minimum absolute atomic E-state index is 0.0741. The molecule has 0 aromatic heterocycles. The number of Topliss-reactive ketones (excluding diaryl/α,β-unsaturated/α-hetero) is 1. The van der Waals surface area contributed by atoms with Gasteiger partial charge in [0, 0.05) is 6.42 Å². The van der Waals surface area contributed by atoms with E-state index in [0.29, 0.717) is 13.0 Å². The molecule has 0 amide bonds. The third kappa shape index (κ3) is 3.01. The molecule has 6 heteroatoms. The van der Waals surface area contributed by atoms with Gasteiger partial charge in [-0.15, -0.1) is 0 Å². The number of carbonyl (C=O) groups is 1. The molecule has 1 aliphatic heterocycles. The highest BCUT2D eigenvalue weighted by molar-refractivity contribution is 5.86. The smallest absolute Gasteiger partial charge is 0.416 e. The summed E-state index contributed by atoms with van der Waals surface area (Å²) in [6.07, 6.45) is -4.60. The van der Waals surface area contributed by atoms with Gasteiger partial charge in [0.15, 0.2) is 11.9 Å². The van der Waals surface area contributed by atoms with E-state index >= 15 is 0 Å². The zero-order valence-electron chi connectivity index (χ0n) is 9.46. The minimum atomic E-state index is -4.41. The van der Waals surface area contributed by atoms with Gasteiger partial charge in [-0.2, -0.15) is 13.2 Å². The summed E-state index contributed by atoms with van der Waals surface area (Å²) in [5.74, 6) is -0.0660. The average Bonchev–Trinajstić information content (AvgIpc) is 2.31. The lowest BCUT2D eigenvalue weighted by atomic mass is 10.1. The lowest BCUT2D eigenvalue weighted by Gasteiger charge is -2.23. The molecule has 0 bridgehead atoms. The van der Waals surface area contributed by atoms with Gasteiger partial charge in [-0.05, 0) is 24.7 Å². The predicted octanol–water partition coefficient (Wildman–Crippen LogP) is 2.02. The number of hydrogen-bond acceptors (Lipinski definition) is 3. The zero-order chi connectivity index (χ0) is 13.2. The largest absolute Gasteiger partial charge is 0.483 e. The number of hydrogen-bond donors (Lipinski definition) is 1. The molecule has 98 valence electrons. The second kappa shape index (κ2) is 4.97. The van der Waals surface area contributed by atoms with Crippen LogP contribution in [0.5, 0.6) is 5.75 Å². The Morgan fingerprint density at radius 2 is 2.11 bits per heavy atom. The Morgan fingerprint density at radius 3 is 2.78 bits per heavy atom. The van der Waals surface area contributed by atoms with Crippen molar-refractivity contribution >= 4 is 5.78 Å². The minimum Gasteiger partial charge on any atom is -0.483 e. The number of ether oxygens (including phenoxy) is 1. The Hall–Kier alpha value is -1.56. The van der Waals surface area contributed by atoms with E-state index in [2.05, 4.69) is 5.32 Å². The molecule has 1 heterocycles. The quantitative estimate of drug-likeness (QED) is 0.883. The SMILES string of the molecule is O=C1CNCC[C@@H]1Oc1cccc(C(F)(F)F)c1. The van der Waals surface area contributed by atoms with E-state index in [1.807, 2.05) is 0 Å². The Morgan fingerprint density at radius 1 is 1.33 bits per heavy atom. The van der Waals surface area contributed by atoms with Crippen LogP contribution in [-0.4, -0.2) is 25.0 Å². The van der Waals surface area contributed by atoms with Crippen molar-refractivity contribution < 1.29 is 22.7 Å². The molecule has 3 nitrogen and oxygen atoms in total. The number of piperidine rings is 1. The highest BCUT2D eigenvalue weighted by atomic mass is 19.4. The van der Waals surface area contributed by atoms with Gasteiger partial charge in [-0.3, -0.25) is 4.79 Å². The molecule has 1 saturated heterocycles. The summed E-state index contributed by atoms with van der Waals surface area (Å²) in [5.41, 5.74) is -0.776. The molecule has 1 aromatic rings. The molecule has 1 fully saturated rings. The molecule has 0 spiro atoms. The molecule has 1 atom stereocenters. The highest BCUT2D eigenvalue weighted by Gasteiger charge is 2.31. The molecule has 0 radical (unpaired) electrons. The van der Waals surface area contributed by atoms with Gasteiger partial charge < -0.3 is 10.1 Å². The van der Waals surface area contributed by atoms with E-state index in [9.17, 15) is 18.0 Å². The second-order valence-corrected chi connectivity index (χ2v) is 4.06. The van der Waals surface area contributed by atoms with E-state index < -0.39 is 17.8 Å². The van der Waals surface area contributed by atoms with Crippen molar-refractivity contribution in [3.8, 4) is 5.75 Å². The third-order valence-electron chi connectivity index (χ3n) is 2.68. The standard InChI is InChI=1S/C12H12F3NO2/c13-12(14,15)8-2-1-3-9(6-8)18-11-4-5-16-7-10(11)17/h1-3,6,11,16H,4-5,7H2/t11-/m0/s1. The normalized spacial score (nSPS) is 20.8. The van der Waals surface area contributed by atoms with Gasteiger partial charge in [-0.1, -0.05) is 6.07 Å². The third-order valence-corrected chi connectivity index (χ3v) is 2.68. The number of halogens is 3. The van der Waals surface area contributed by atoms with E-state index in [1.165, 1.54) is 12.1 Å². The van der Waals surface area contributed by atoms with Crippen LogP contribution < -0.4 is 10.1 Å². The molecule has 1 aliphatic rings. The number of alkyl halides is 3. The Labute approximate surface area is 102 Å². The van der Waals surface area contributed by atoms with Gasteiger partial charge >= 0.3 is 6.18 Å². The van der Waals surface area contributed by atoms with Crippen molar-refractivity contribution in [2.24, 2.45) is 0 Å². The van der Waals surface area contributed by atoms with Gasteiger partial charge in [-0.25, -0.2) is 0 Å². The molecule has 0 aliphatic carbocycles. The first-order chi connectivity index (χ1) is 8.47. The second-order valence-electron chi connectivity index (χ2n) is 4.06. The highest BCUT2D eigenvalue weighted by Crippen LogP contribution is 2.31. The van der Waals surface area contributed by atoms with Crippen molar-refractivity contribution in [3.05, 3.63) is 29.8 Å². The van der Waals surface area contributed by atoms with Crippen molar-refractivity contribution in [1.29, 1.82) is 0 Å². The molecule has 0 unspecified atom stereocenters. The van der Waals surface area contributed by atoms with Crippen LogP contribution in [0.15, 0.2) is 24.3 Å². The van der Waals surface area contributed by atoms with Gasteiger partial charge in [0.2, 0.25) is 0 Å². The maximum atomic E-state index is 12.5. The molecule has 0 saturated carbocycles. The monoisotopic (exact) mass is 259 g/mol. The summed E-state index contributed by atoms with van der Waals surface area (Å²) >= 11 is 0. The number of nitrogens with one attached hydrogen (secondary N) is 1. The molecule has 2 rings (SSSR count). The Balaban J connectivity index is 2.12. The molecule has 1 aromatic carbocycles. The van der Waals surface area contributed by atoms with Crippen molar-refractivity contribution in [2.45, 2.75) is 18.7 Å². The molecular weight excluding hydrogens is 247 g/mol. The van der Waals surface area contributed by atoms with E-state index in [-0.39, 0.29) is 18.1 Å². The first kappa shape index (κ1) is 12.9. The van der Waals surface area contributed by atoms with E-state index in [0.717, 1.165) is 12.1 Å². The Bertz CT molecular complexity index is 445. The number of benzene rings is 1.